The molecule has 2 nitrogen and oxygen atoms in total. The third kappa shape index (κ3) is 1.69. The van der Waals surface area contributed by atoms with Crippen molar-refractivity contribution in [2.75, 3.05) is 0 Å². The summed E-state index contributed by atoms with van der Waals surface area (Å²) in [5, 5.41) is 0. The number of rotatable bonds is 1. The Morgan fingerprint density at radius 2 is 2.00 bits per heavy atom. The van der Waals surface area contributed by atoms with E-state index in [4.69, 9.17) is 0 Å². The minimum Gasteiger partial charge on any atom is -0.303 e. The van der Waals surface area contributed by atoms with Crippen LogP contribution in [0, 0.1) is 13.8 Å². The van der Waals surface area contributed by atoms with Gasteiger partial charge in [-0.1, -0.05) is 13.8 Å². The first-order valence-electron chi connectivity index (χ1n) is 5.15. The van der Waals surface area contributed by atoms with Gasteiger partial charge in [0.25, 0.3) is 0 Å². The topological polar surface area (TPSA) is 17.3 Å². The van der Waals surface area contributed by atoms with Gasteiger partial charge in [0.05, 0.1) is 5.69 Å². The van der Waals surface area contributed by atoms with Crippen molar-refractivity contribution in [3.63, 3.8) is 0 Å². The highest BCUT2D eigenvalue weighted by atomic mass is 79.9. The summed E-state index contributed by atoms with van der Waals surface area (Å²) < 4.78 is 3.28. The van der Waals surface area contributed by atoms with Crippen LogP contribution in [0.1, 0.15) is 36.7 Å². The maximum Gasteiger partial charge on any atom is 0.137 e. The third-order valence-electron chi connectivity index (χ3n) is 2.73. The molecule has 2 aromatic rings. The van der Waals surface area contributed by atoms with Crippen LogP contribution in [0.4, 0.5) is 0 Å². The van der Waals surface area contributed by atoms with Gasteiger partial charge in [-0.2, -0.15) is 0 Å². The molecule has 0 N–H and O–H groups in total. The van der Waals surface area contributed by atoms with Crippen LogP contribution < -0.4 is 0 Å². The molecule has 0 unspecified atom stereocenters. The van der Waals surface area contributed by atoms with E-state index in [0.29, 0.717) is 5.92 Å². The number of pyridine rings is 1. The third-order valence-corrected chi connectivity index (χ3v) is 3.56. The molecular weight excluding hydrogens is 252 g/mol. The number of hydrogen-bond acceptors (Lipinski definition) is 1. The summed E-state index contributed by atoms with van der Waals surface area (Å²) in [6.45, 7) is 8.56. The molecule has 0 atom stereocenters. The summed E-state index contributed by atoms with van der Waals surface area (Å²) in [7, 11) is 0. The van der Waals surface area contributed by atoms with Crippen LogP contribution in [0.3, 0.4) is 0 Å². The molecule has 0 amide bonds. The van der Waals surface area contributed by atoms with Crippen molar-refractivity contribution in [3.8, 4) is 0 Å². The van der Waals surface area contributed by atoms with Crippen molar-refractivity contribution in [3.05, 3.63) is 33.7 Å². The fourth-order valence-corrected chi connectivity index (χ4v) is 2.16. The average molecular weight is 267 g/mol. The Bertz CT molecular complexity index is 512. The Balaban J connectivity index is 2.77. The summed E-state index contributed by atoms with van der Waals surface area (Å²) in [5.74, 6) is 0.476. The fraction of sp³-hybridized carbons (Fsp3) is 0.417. The molecule has 0 fully saturated rings. The Morgan fingerprint density at radius 1 is 1.33 bits per heavy atom. The number of halogens is 1. The minimum absolute atomic E-state index is 0.476. The molecule has 0 aliphatic rings. The van der Waals surface area contributed by atoms with Gasteiger partial charge in [-0.3, -0.25) is 0 Å². The lowest BCUT2D eigenvalue weighted by Gasteiger charge is -2.02. The van der Waals surface area contributed by atoms with E-state index in [2.05, 4.69) is 65.3 Å². The fourth-order valence-electron chi connectivity index (χ4n) is 1.84. The Hall–Kier alpha value is -0.830. The van der Waals surface area contributed by atoms with Gasteiger partial charge in [-0.05, 0) is 47.3 Å². The van der Waals surface area contributed by atoms with Crippen molar-refractivity contribution in [1.82, 2.24) is 9.38 Å². The van der Waals surface area contributed by atoms with Gasteiger partial charge in [0.15, 0.2) is 0 Å². The molecule has 2 aromatic heterocycles. The summed E-state index contributed by atoms with van der Waals surface area (Å²) in [4.78, 5) is 4.66. The zero-order valence-electron chi connectivity index (χ0n) is 9.50. The van der Waals surface area contributed by atoms with Crippen molar-refractivity contribution in [1.29, 1.82) is 0 Å². The largest absolute Gasteiger partial charge is 0.303 e. The normalized spacial score (nSPS) is 11.6. The van der Waals surface area contributed by atoms with Crippen molar-refractivity contribution >= 4 is 21.6 Å². The maximum absolute atomic E-state index is 4.66. The molecule has 0 saturated heterocycles. The van der Waals surface area contributed by atoms with E-state index in [1.54, 1.807) is 0 Å². The lowest BCUT2D eigenvalue weighted by molar-refractivity contribution is 0.821. The van der Waals surface area contributed by atoms with Crippen LogP contribution in [0.5, 0.6) is 0 Å². The Labute approximate surface area is 98.5 Å². The maximum atomic E-state index is 4.66. The first-order valence-corrected chi connectivity index (χ1v) is 5.94. The molecular formula is C12H15BrN2. The van der Waals surface area contributed by atoms with Crippen LogP contribution in [-0.4, -0.2) is 9.38 Å². The quantitative estimate of drug-likeness (QED) is 0.767. The van der Waals surface area contributed by atoms with Crippen LogP contribution in [0.2, 0.25) is 0 Å². The minimum atomic E-state index is 0.476. The predicted octanol–water partition coefficient (Wildman–Crippen LogP) is 3.84. The smallest absolute Gasteiger partial charge is 0.137 e. The molecule has 0 aliphatic carbocycles. The van der Waals surface area contributed by atoms with Gasteiger partial charge in [-0.15, -0.1) is 0 Å². The number of hydrogen-bond donors (Lipinski definition) is 0. The predicted molar refractivity (Wildman–Crippen MR) is 66.5 cm³/mol. The van der Waals surface area contributed by atoms with E-state index in [0.717, 1.165) is 10.1 Å². The van der Waals surface area contributed by atoms with E-state index in [1.807, 2.05) is 0 Å². The molecule has 0 bridgehead atoms. The van der Waals surface area contributed by atoms with E-state index in [9.17, 15) is 0 Å². The summed E-state index contributed by atoms with van der Waals surface area (Å²) in [6, 6.07) is 2.11. The number of imidazole rings is 1. The first-order chi connectivity index (χ1) is 7.00. The molecule has 15 heavy (non-hydrogen) atoms. The van der Waals surface area contributed by atoms with Crippen LogP contribution in [0.15, 0.2) is 16.7 Å². The second-order valence-electron chi connectivity index (χ2n) is 4.27. The van der Waals surface area contributed by atoms with E-state index < -0.39 is 0 Å². The highest BCUT2D eigenvalue weighted by Crippen LogP contribution is 2.23. The van der Waals surface area contributed by atoms with Gasteiger partial charge in [0, 0.05) is 16.4 Å². The molecule has 0 radical (unpaired) electrons. The van der Waals surface area contributed by atoms with Gasteiger partial charge >= 0.3 is 0 Å². The molecule has 2 rings (SSSR count). The van der Waals surface area contributed by atoms with E-state index in [-0.39, 0.29) is 0 Å². The first kappa shape index (κ1) is 10.7. The molecule has 0 aromatic carbocycles. The number of aromatic nitrogens is 2. The summed E-state index contributed by atoms with van der Waals surface area (Å²) in [5.41, 5.74) is 4.69. The van der Waals surface area contributed by atoms with Crippen molar-refractivity contribution < 1.29 is 0 Å². The SMILES string of the molecule is Cc1cc2nc(C(C)C)c(C)n2cc1Br. The average Bonchev–Trinajstić information content (AvgIpc) is 2.46. The van der Waals surface area contributed by atoms with E-state index in [1.165, 1.54) is 17.0 Å². The van der Waals surface area contributed by atoms with Gasteiger partial charge in [0.2, 0.25) is 0 Å². The molecule has 0 spiro atoms. The lowest BCUT2D eigenvalue weighted by atomic mass is 10.1. The number of fused-ring (bicyclic) bond motifs is 1. The Morgan fingerprint density at radius 3 is 2.60 bits per heavy atom. The number of aryl methyl sites for hydroxylation is 2. The van der Waals surface area contributed by atoms with Crippen molar-refractivity contribution in [2.24, 2.45) is 0 Å². The summed E-state index contributed by atoms with van der Waals surface area (Å²) in [6.07, 6.45) is 2.10. The molecule has 80 valence electrons. The zero-order chi connectivity index (χ0) is 11.2. The monoisotopic (exact) mass is 266 g/mol. The highest BCUT2D eigenvalue weighted by molar-refractivity contribution is 9.10. The lowest BCUT2D eigenvalue weighted by Crippen LogP contribution is -1.92. The van der Waals surface area contributed by atoms with Crippen molar-refractivity contribution in [2.45, 2.75) is 33.6 Å². The Kier molecular flexibility index (Phi) is 2.59. The van der Waals surface area contributed by atoms with E-state index >= 15 is 0 Å². The highest BCUT2D eigenvalue weighted by Gasteiger charge is 2.12. The van der Waals surface area contributed by atoms with Crippen LogP contribution in [0.25, 0.3) is 5.65 Å². The standard InChI is InChI=1S/C12H15BrN2/c1-7(2)12-9(4)15-6-10(13)8(3)5-11(15)14-12/h5-7H,1-4H3. The molecule has 0 aliphatic heterocycles. The van der Waals surface area contributed by atoms with Gasteiger partial charge < -0.3 is 4.40 Å². The molecule has 0 saturated carbocycles. The summed E-state index contributed by atoms with van der Waals surface area (Å²) >= 11 is 3.55. The molecule has 2 heterocycles. The second kappa shape index (κ2) is 3.63. The van der Waals surface area contributed by atoms with Gasteiger partial charge in [0.1, 0.15) is 5.65 Å². The zero-order valence-corrected chi connectivity index (χ0v) is 11.1. The number of nitrogens with zero attached hydrogens (tertiary/aromatic N) is 2. The van der Waals surface area contributed by atoms with Gasteiger partial charge in [-0.25, -0.2) is 4.98 Å². The second-order valence-corrected chi connectivity index (χ2v) is 5.12. The van der Waals surface area contributed by atoms with Crippen LogP contribution >= 0.6 is 15.9 Å². The van der Waals surface area contributed by atoms with Crippen LogP contribution in [-0.2, 0) is 0 Å². The molecule has 3 heteroatoms.